The molecule has 1 aliphatic carbocycles. The number of allylic oxidation sites excluding steroid dienone is 2. The SMILES string of the molecule is N#CC(F)=C[C@H]1CC[C@H](C(=O)Oc2ccc(C#N)c(F)c2)CC1. The van der Waals surface area contributed by atoms with Gasteiger partial charge in [0.2, 0.25) is 0 Å². The summed E-state index contributed by atoms with van der Waals surface area (Å²) in [6.07, 6.45) is 3.53. The number of nitriles is 2. The first-order chi connectivity index (χ1) is 11.0. The molecule has 0 spiro atoms. The summed E-state index contributed by atoms with van der Waals surface area (Å²) in [6.45, 7) is 0. The predicted octanol–water partition coefficient (Wildman–Crippen LogP) is 3.79. The van der Waals surface area contributed by atoms with Crippen molar-refractivity contribution in [2.75, 3.05) is 0 Å². The molecule has 0 heterocycles. The third kappa shape index (κ3) is 4.37. The van der Waals surface area contributed by atoms with Crippen LogP contribution in [0.4, 0.5) is 8.78 Å². The summed E-state index contributed by atoms with van der Waals surface area (Å²) in [4.78, 5) is 12.1. The van der Waals surface area contributed by atoms with Gasteiger partial charge in [-0.1, -0.05) is 0 Å². The molecule has 23 heavy (non-hydrogen) atoms. The molecule has 1 saturated carbocycles. The lowest BCUT2D eigenvalue weighted by molar-refractivity contribution is -0.140. The van der Waals surface area contributed by atoms with E-state index in [0.29, 0.717) is 25.7 Å². The summed E-state index contributed by atoms with van der Waals surface area (Å²) < 4.78 is 31.5. The number of halogens is 2. The zero-order valence-electron chi connectivity index (χ0n) is 12.3. The highest BCUT2D eigenvalue weighted by molar-refractivity contribution is 5.75. The normalized spacial score (nSPS) is 21.1. The van der Waals surface area contributed by atoms with Crippen LogP contribution in [0.5, 0.6) is 5.75 Å². The molecule has 0 aliphatic heterocycles. The van der Waals surface area contributed by atoms with E-state index >= 15 is 0 Å². The summed E-state index contributed by atoms with van der Waals surface area (Å²) in [5, 5.41) is 17.1. The molecule has 0 bridgehead atoms. The van der Waals surface area contributed by atoms with E-state index in [2.05, 4.69) is 0 Å². The van der Waals surface area contributed by atoms with Crippen molar-refractivity contribution in [3.8, 4) is 17.9 Å². The van der Waals surface area contributed by atoms with Gasteiger partial charge in [-0.05, 0) is 49.8 Å². The van der Waals surface area contributed by atoms with Gasteiger partial charge < -0.3 is 4.74 Å². The van der Waals surface area contributed by atoms with Gasteiger partial charge in [0.05, 0.1) is 11.5 Å². The van der Waals surface area contributed by atoms with E-state index < -0.39 is 17.6 Å². The number of hydrogen-bond acceptors (Lipinski definition) is 4. The summed E-state index contributed by atoms with van der Waals surface area (Å²) in [7, 11) is 0. The average molecular weight is 316 g/mol. The number of ether oxygens (including phenoxy) is 1. The number of carbonyl (C=O) groups excluding carboxylic acids is 1. The lowest BCUT2D eigenvalue weighted by Crippen LogP contribution is -2.25. The maximum atomic E-state index is 13.5. The number of esters is 1. The second-order valence-corrected chi connectivity index (χ2v) is 5.41. The Hall–Kier alpha value is -2.73. The summed E-state index contributed by atoms with van der Waals surface area (Å²) in [6, 6.07) is 6.76. The van der Waals surface area contributed by atoms with Crippen molar-refractivity contribution in [2.45, 2.75) is 25.7 Å². The maximum absolute atomic E-state index is 13.5. The highest BCUT2D eigenvalue weighted by Gasteiger charge is 2.27. The van der Waals surface area contributed by atoms with Gasteiger partial charge in [0, 0.05) is 6.07 Å². The van der Waals surface area contributed by atoms with Crippen LogP contribution in [0.25, 0.3) is 0 Å². The van der Waals surface area contributed by atoms with E-state index in [1.54, 1.807) is 6.07 Å². The lowest BCUT2D eigenvalue weighted by atomic mass is 9.82. The number of hydrogen-bond donors (Lipinski definition) is 0. The second-order valence-electron chi connectivity index (χ2n) is 5.41. The Morgan fingerprint density at radius 3 is 2.52 bits per heavy atom. The van der Waals surface area contributed by atoms with Crippen LogP contribution in [0, 0.1) is 40.3 Å². The molecule has 1 aliphatic rings. The number of benzene rings is 1. The Morgan fingerprint density at radius 1 is 1.26 bits per heavy atom. The molecule has 118 valence electrons. The monoisotopic (exact) mass is 316 g/mol. The molecule has 2 rings (SSSR count). The van der Waals surface area contributed by atoms with E-state index in [1.807, 2.05) is 0 Å². The van der Waals surface area contributed by atoms with Crippen LogP contribution in [-0.2, 0) is 4.79 Å². The Kier molecular flexibility index (Phi) is 5.43. The topological polar surface area (TPSA) is 73.9 Å². The Bertz CT molecular complexity index is 708. The quantitative estimate of drug-likeness (QED) is 0.483. The molecule has 1 fully saturated rings. The molecule has 1 aromatic rings. The van der Waals surface area contributed by atoms with Crippen molar-refractivity contribution in [2.24, 2.45) is 11.8 Å². The first-order valence-corrected chi connectivity index (χ1v) is 7.22. The molecule has 0 radical (unpaired) electrons. The third-order valence-electron chi connectivity index (χ3n) is 3.87. The molecule has 0 atom stereocenters. The van der Waals surface area contributed by atoms with Gasteiger partial charge in [0.15, 0.2) is 5.83 Å². The Balaban J connectivity index is 1.92. The van der Waals surface area contributed by atoms with Crippen molar-refractivity contribution < 1.29 is 18.3 Å². The largest absolute Gasteiger partial charge is 0.426 e. The van der Waals surface area contributed by atoms with Crippen LogP contribution in [0.1, 0.15) is 31.2 Å². The summed E-state index contributed by atoms with van der Waals surface area (Å²) in [5.41, 5.74) is -0.114. The third-order valence-corrected chi connectivity index (χ3v) is 3.87. The van der Waals surface area contributed by atoms with Crippen LogP contribution in [-0.4, -0.2) is 5.97 Å². The van der Waals surface area contributed by atoms with Gasteiger partial charge >= 0.3 is 5.97 Å². The van der Waals surface area contributed by atoms with Crippen molar-refractivity contribution in [1.82, 2.24) is 0 Å². The van der Waals surface area contributed by atoms with E-state index in [-0.39, 0.29) is 23.1 Å². The molecule has 0 N–H and O–H groups in total. The van der Waals surface area contributed by atoms with Gasteiger partial charge in [-0.15, -0.1) is 0 Å². The molecule has 0 saturated heterocycles. The standard InChI is InChI=1S/C17H14F2N2O2/c18-14(10-21)7-11-1-3-12(4-2-11)17(22)23-15-6-5-13(9-20)16(19)8-15/h5-8,11-12H,1-4H2/t11-,12-. The molecular formula is C17H14F2N2O2. The smallest absolute Gasteiger partial charge is 0.314 e. The van der Waals surface area contributed by atoms with Crippen LogP contribution in [0.2, 0.25) is 0 Å². The fourth-order valence-corrected chi connectivity index (χ4v) is 2.62. The fourth-order valence-electron chi connectivity index (χ4n) is 2.62. The minimum atomic E-state index is -0.802. The average Bonchev–Trinajstić information content (AvgIpc) is 2.55. The van der Waals surface area contributed by atoms with Crippen LogP contribution in [0.15, 0.2) is 30.1 Å². The van der Waals surface area contributed by atoms with E-state index in [0.717, 1.165) is 6.07 Å². The van der Waals surface area contributed by atoms with Gasteiger partial charge in [-0.25, -0.2) is 4.39 Å². The van der Waals surface area contributed by atoms with E-state index in [1.165, 1.54) is 24.3 Å². The van der Waals surface area contributed by atoms with Crippen LogP contribution >= 0.6 is 0 Å². The Labute approximate surface area is 132 Å². The van der Waals surface area contributed by atoms with Gasteiger partial charge in [-0.2, -0.15) is 14.9 Å². The highest BCUT2D eigenvalue weighted by atomic mass is 19.1. The van der Waals surface area contributed by atoms with E-state index in [4.69, 9.17) is 15.3 Å². The Morgan fingerprint density at radius 2 is 1.96 bits per heavy atom. The fraction of sp³-hybridized carbons (Fsp3) is 0.353. The lowest BCUT2D eigenvalue weighted by Gasteiger charge is -2.25. The van der Waals surface area contributed by atoms with Crippen molar-refractivity contribution in [3.05, 3.63) is 41.5 Å². The second kappa shape index (κ2) is 7.51. The zero-order chi connectivity index (χ0) is 16.8. The van der Waals surface area contributed by atoms with Crippen LogP contribution in [0.3, 0.4) is 0 Å². The molecular weight excluding hydrogens is 302 g/mol. The van der Waals surface area contributed by atoms with E-state index in [9.17, 15) is 13.6 Å². The van der Waals surface area contributed by atoms with Crippen molar-refractivity contribution >= 4 is 5.97 Å². The number of rotatable bonds is 3. The minimum absolute atomic E-state index is 0.0499. The molecule has 0 aromatic heterocycles. The molecule has 6 heteroatoms. The first-order valence-electron chi connectivity index (χ1n) is 7.22. The molecule has 4 nitrogen and oxygen atoms in total. The van der Waals surface area contributed by atoms with Gasteiger partial charge in [0.25, 0.3) is 0 Å². The van der Waals surface area contributed by atoms with Crippen molar-refractivity contribution in [1.29, 1.82) is 10.5 Å². The molecule has 0 amide bonds. The molecule has 1 aromatic carbocycles. The van der Waals surface area contributed by atoms with Crippen LogP contribution < -0.4 is 4.74 Å². The number of nitrogens with zero attached hydrogens (tertiary/aromatic N) is 2. The maximum Gasteiger partial charge on any atom is 0.314 e. The first kappa shape index (κ1) is 16.6. The molecule has 0 unspecified atom stereocenters. The van der Waals surface area contributed by atoms with Gasteiger partial charge in [0.1, 0.15) is 23.7 Å². The predicted molar refractivity (Wildman–Crippen MR) is 77.0 cm³/mol. The van der Waals surface area contributed by atoms with Gasteiger partial charge in [-0.3, -0.25) is 4.79 Å². The summed E-state index contributed by atoms with van der Waals surface area (Å²) >= 11 is 0. The van der Waals surface area contributed by atoms with Crippen molar-refractivity contribution in [3.63, 3.8) is 0 Å². The number of carbonyl (C=O) groups is 1. The summed E-state index contributed by atoms with van der Waals surface area (Å²) in [5.74, 6) is -2.32. The zero-order valence-corrected chi connectivity index (χ0v) is 12.3. The highest BCUT2D eigenvalue weighted by Crippen LogP contribution is 2.31. The minimum Gasteiger partial charge on any atom is -0.426 e.